The molecule has 1 aliphatic heterocycles. The highest BCUT2D eigenvalue weighted by Gasteiger charge is 2.46. The minimum absolute atomic E-state index is 0.0561. The summed E-state index contributed by atoms with van der Waals surface area (Å²) in [6, 6.07) is 21.9. The Morgan fingerprint density at radius 2 is 1.68 bits per heavy atom. The molecule has 0 saturated carbocycles. The van der Waals surface area contributed by atoms with E-state index in [1.54, 1.807) is 0 Å². The molecule has 2 aliphatic rings. The molecule has 0 aromatic heterocycles. The molecule has 0 spiro atoms. The third-order valence-corrected chi connectivity index (χ3v) is 5.09. The predicted molar refractivity (Wildman–Crippen MR) is 97.5 cm³/mol. The highest BCUT2D eigenvalue weighted by Crippen LogP contribution is 2.42. The van der Waals surface area contributed by atoms with Gasteiger partial charge in [-0.2, -0.15) is 0 Å². The Bertz CT molecular complexity index is 991. The summed E-state index contributed by atoms with van der Waals surface area (Å²) < 4.78 is 5.65. The number of epoxide rings is 1. The van der Waals surface area contributed by atoms with Gasteiger partial charge in [-0.3, -0.25) is 4.79 Å². The standard InChI is InChI=1S/C22H17NO2/c23-17-8-5-13(6-9-17)21-22(25-21)20(24)15-7-10-19-16(12-15)11-14-3-1-2-4-18(14)19/h1-10,12,21-22H,11,23H2/t21-,22+/m1/s1. The first-order valence-electron chi connectivity index (χ1n) is 8.47. The van der Waals surface area contributed by atoms with Crippen LogP contribution in [0.4, 0.5) is 5.69 Å². The molecule has 1 saturated heterocycles. The van der Waals surface area contributed by atoms with Gasteiger partial charge in [-0.15, -0.1) is 0 Å². The molecule has 3 aromatic carbocycles. The molecule has 1 aliphatic carbocycles. The summed E-state index contributed by atoms with van der Waals surface area (Å²) in [6.07, 6.45) is 0.350. The lowest BCUT2D eigenvalue weighted by atomic mass is 9.98. The van der Waals surface area contributed by atoms with E-state index in [0.29, 0.717) is 5.69 Å². The lowest BCUT2D eigenvalue weighted by Gasteiger charge is -2.04. The van der Waals surface area contributed by atoms with Crippen molar-refractivity contribution in [1.29, 1.82) is 0 Å². The van der Waals surface area contributed by atoms with Crippen molar-refractivity contribution < 1.29 is 9.53 Å². The van der Waals surface area contributed by atoms with E-state index in [0.717, 1.165) is 17.5 Å². The van der Waals surface area contributed by atoms with E-state index in [1.165, 1.54) is 22.3 Å². The minimum Gasteiger partial charge on any atom is -0.399 e. The number of rotatable bonds is 3. The second-order valence-electron chi connectivity index (χ2n) is 6.71. The molecule has 25 heavy (non-hydrogen) atoms. The van der Waals surface area contributed by atoms with Gasteiger partial charge in [0.05, 0.1) is 0 Å². The van der Waals surface area contributed by atoms with Crippen LogP contribution in [0.5, 0.6) is 0 Å². The molecule has 1 fully saturated rings. The van der Waals surface area contributed by atoms with Crippen molar-refractivity contribution >= 4 is 11.5 Å². The third kappa shape index (κ3) is 2.36. The van der Waals surface area contributed by atoms with Crippen LogP contribution in [0.1, 0.15) is 33.2 Å². The Morgan fingerprint density at radius 3 is 2.52 bits per heavy atom. The Morgan fingerprint density at radius 1 is 0.920 bits per heavy atom. The van der Waals surface area contributed by atoms with E-state index < -0.39 is 0 Å². The molecule has 122 valence electrons. The van der Waals surface area contributed by atoms with E-state index >= 15 is 0 Å². The smallest absolute Gasteiger partial charge is 0.194 e. The maximum atomic E-state index is 12.8. The second kappa shape index (κ2) is 5.30. The van der Waals surface area contributed by atoms with Crippen molar-refractivity contribution in [1.82, 2.24) is 0 Å². The summed E-state index contributed by atoms with van der Waals surface area (Å²) >= 11 is 0. The number of ketones is 1. The zero-order valence-electron chi connectivity index (χ0n) is 13.6. The van der Waals surface area contributed by atoms with Gasteiger partial charge in [0.25, 0.3) is 0 Å². The fourth-order valence-electron chi connectivity index (χ4n) is 3.71. The topological polar surface area (TPSA) is 55.6 Å². The van der Waals surface area contributed by atoms with Crippen LogP contribution < -0.4 is 5.73 Å². The normalized spacial score (nSPS) is 20.0. The monoisotopic (exact) mass is 327 g/mol. The average Bonchev–Trinajstić information content (AvgIpc) is 3.35. The SMILES string of the molecule is Nc1ccc([C@H]2O[C@H]2C(=O)c2ccc3c(c2)Cc2ccccc2-3)cc1. The maximum absolute atomic E-state index is 12.8. The fourth-order valence-corrected chi connectivity index (χ4v) is 3.71. The van der Waals surface area contributed by atoms with Gasteiger partial charge in [-0.1, -0.05) is 48.5 Å². The van der Waals surface area contributed by atoms with Crippen LogP contribution in [-0.4, -0.2) is 11.9 Å². The molecule has 1 heterocycles. The summed E-state index contributed by atoms with van der Waals surface area (Å²) in [4.78, 5) is 12.8. The van der Waals surface area contributed by atoms with Crippen LogP contribution in [0.3, 0.4) is 0 Å². The number of ether oxygens (including phenoxy) is 1. The molecule has 2 N–H and O–H groups in total. The quantitative estimate of drug-likeness (QED) is 0.349. The second-order valence-corrected chi connectivity index (χ2v) is 6.71. The van der Waals surface area contributed by atoms with Crippen LogP contribution in [0.25, 0.3) is 11.1 Å². The molecule has 0 unspecified atom stereocenters. The van der Waals surface area contributed by atoms with Crippen molar-refractivity contribution in [2.75, 3.05) is 5.73 Å². The van der Waals surface area contributed by atoms with Crippen molar-refractivity contribution in [3.8, 4) is 11.1 Å². The molecule has 5 rings (SSSR count). The number of carbonyl (C=O) groups excluding carboxylic acids is 1. The van der Waals surface area contributed by atoms with Gasteiger partial charge < -0.3 is 10.5 Å². The molecule has 3 nitrogen and oxygen atoms in total. The van der Waals surface area contributed by atoms with Crippen LogP contribution in [0.2, 0.25) is 0 Å². The highest BCUT2D eigenvalue weighted by molar-refractivity contribution is 6.02. The molecule has 0 amide bonds. The Balaban J connectivity index is 1.39. The van der Waals surface area contributed by atoms with Crippen LogP contribution in [-0.2, 0) is 11.2 Å². The predicted octanol–water partition coefficient (Wildman–Crippen LogP) is 4.16. The lowest BCUT2D eigenvalue weighted by Crippen LogP contribution is -2.08. The number of carbonyl (C=O) groups is 1. The molecule has 0 bridgehead atoms. The number of nitrogens with two attached hydrogens (primary N) is 1. The van der Waals surface area contributed by atoms with Crippen molar-refractivity contribution in [2.45, 2.75) is 18.6 Å². The van der Waals surface area contributed by atoms with Crippen molar-refractivity contribution in [3.63, 3.8) is 0 Å². The van der Waals surface area contributed by atoms with Gasteiger partial charge in [-0.05, 0) is 52.4 Å². The lowest BCUT2D eigenvalue weighted by molar-refractivity contribution is 0.0953. The summed E-state index contributed by atoms with van der Waals surface area (Å²) in [5.41, 5.74) is 13.2. The van der Waals surface area contributed by atoms with E-state index in [-0.39, 0.29) is 18.0 Å². The first kappa shape index (κ1) is 14.4. The molecular formula is C22H17NO2. The number of nitrogen functional groups attached to an aromatic ring is 1. The van der Waals surface area contributed by atoms with Gasteiger partial charge in [0, 0.05) is 11.3 Å². The summed E-state index contributed by atoms with van der Waals surface area (Å²) in [6.45, 7) is 0. The molecule has 3 heteroatoms. The zero-order valence-corrected chi connectivity index (χ0v) is 13.6. The Hall–Kier alpha value is -2.91. The molecule has 2 atom stereocenters. The number of benzene rings is 3. The van der Waals surface area contributed by atoms with Crippen LogP contribution in [0, 0.1) is 0 Å². The molecule has 0 radical (unpaired) electrons. The first-order valence-corrected chi connectivity index (χ1v) is 8.47. The average molecular weight is 327 g/mol. The number of Topliss-reactive ketones (excluding diaryl/α,β-unsaturated/α-hetero) is 1. The summed E-state index contributed by atoms with van der Waals surface area (Å²) in [5, 5.41) is 0. The van der Waals surface area contributed by atoms with Crippen molar-refractivity contribution in [3.05, 3.63) is 89.0 Å². The van der Waals surface area contributed by atoms with E-state index in [1.807, 2.05) is 36.4 Å². The van der Waals surface area contributed by atoms with Crippen LogP contribution >= 0.6 is 0 Å². The number of hydrogen-bond acceptors (Lipinski definition) is 3. The minimum atomic E-state index is -0.384. The Kier molecular flexibility index (Phi) is 3.06. The van der Waals surface area contributed by atoms with Gasteiger partial charge >= 0.3 is 0 Å². The number of anilines is 1. The first-order chi connectivity index (χ1) is 12.2. The van der Waals surface area contributed by atoms with E-state index in [9.17, 15) is 4.79 Å². The molecular weight excluding hydrogens is 310 g/mol. The Labute approximate surface area is 146 Å². The highest BCUT2D eigenvalue weighted by atomic mass is 16.6. The van der Waals surface area contributed by atoms with Gasteiger partial charge in [0.1, 0.15) is 6.10 Å². The van der Waals surface area contributed by atoms with Gasteiger partial charge in [-0.25, -0.2) is 0 Å². The largest absolute Gasteiger partial charge is 0.399 e. The van der Waals surface area contributed by atoms with Crippen molar-refractivity contribution in [2.24, 2.45) is 0 Å². The van der Waals surface area contributed by atoms with Gasteiger partial charge in [0.15, 0.2) is 11.9 Å². The summed E-state index contributed by atoms with van der Waals surface area (Å²) in [7, 11) is 0. The van der Waals surface area contributed by atoms with E-state index in [2.05, 4.69) is 30.3 Å². The number of fused-ring (bicyclic) bond motifs is 3. The maximum Gasteiger partial charge on any atom is 0.194 e. The fraction of sp³-hybridized carbons (Fsp3) is 0.136. The van der Waals surface area contributed by atoms with Crippen LogP contribution in [0.15, 0.2) is 66.7 Å². The van der Waals surface area contributed by atoms with Gasteiger partial charge in [0.2, 0.25) is 0 Å². The number of hydrogen-bond donors (Lipinski definition) is 1. The summed E-state index contributed by atoms with van der Waals surface area (Å²) in [5.74, 6) is 0.0561. The van der Waals surface area contributed by atoms with E-state index in [4.69, 9.17) is 10.5 Å². The third-order valence-electron chi connectivity index (χ3n) is 5.09. The molecule has 3 aromatic rings. The zero-order chi connectivity index (χ0) is 17.0.